The van der Waals surface area contributed by atoms with Crippen LogP contribution in [-0.4, -0.2) is 64.2 Å². The summed E-state index contributed by atoms with van der Waals surface area (Å²) in [7, 11) is 0. The second-order valence-electron chi connectivity index (χ2n) is 5.74. The molecule has 7 nitrogen and oxygen atoms in total. The van der Waals surface area contributed by atoms with Gasteiger partial charge < -0.3 is 14.5 Å². The van der Waals surface area contributed by atoms with E-state index in [1.54, 1.807) is 15.8 Å². The standard InChI is InChI=1S/C15H22N4O3/c1-2-3-14(20)18-10-12-4-5-16-19(12)13(11-18)15(21)17-6-8-22-9-7-17/h4-5,13H,2-3,6-11H2,1H3. The quantitative estimate of drug-likeness (QED) is 0.812. The van der Waals surface area contributed by atoms with Crippen LogP contribution in [0.4, 0.5) is 0 Å². The lowest BCUT2D eigenvalue weighted by Gasteiger charge is -2.36. The van der Waals surface area contributed by atoms with E-state index in [2.05, 4.69) is 5.10 Å². The molecule has 1 unspecified atom stereocenters. The van der Waals surface area contributed by atoms with Gasteiger partial charge in [0, 0.05) is 25.7 Å². The summed E-state index contributed by atoms with van der Waals surface area (Å²) in [5, 5.41) is 4.29. The molecule has 1 atom stereocenters. The molecule has 0 N–H and O–H groups in total. The van der Waals surface area contributed by atoms with Gasteiger partial charge in [-0.2, -0.15) is 5.10 Å². The topological polar surface area (TPSA) is 67.7 Å². The van der Waals surface area contributed by atoms with E-state index in [4.69, 9.17) is 4.74 Å². The molecule has 7 heteroatoms. The third-order valence-corrected chi connectivity index (χ3v) is 4.22. The minimum Gasteiger partial charge on any atom is -0.378 e. The van der Waals surface area contributed by atoms with Crippen molar-refractivity contribution in [3.8, 4) is 0 Å². The highest BCUT2D eigenvalue weighted by Gasteiger charge is 2.35. The average molecular weight is 306 g/mol. The smallest absolute Gasteiger partial charge is 0.249 e. The Bertz CT molecular complexity index is 551. The van der Waals surface area contributed by atoms with Gasteiger partial charge in [0.2, 0.25) is 11.8 Å². The molecular weight excluding hydrogens is 284 g/mol. The summed E-state index contributed by atoms with van der Waals surface area (Å²) < 4.78 is 7.07. The van der Waals surface area contributed by atoms with Crippen molar-refractivity contribution in [2.24, 2.45) is 0 Å². The molecule has 0 aromatic carbocycles. The van der Waals surface area contributed by atoms with Crippen molar-refractivity contribution in [2.75, 3.05) is 32.8 Å². The molecule has 1 fully saturated rings. The van der Waals surface area contributed by atoms with Gasteiger partial charge in [0.15, 0.2) is 0 Å². The van der Waals surface area contributed by atoms with E-state index in [0.29, 0.717) is 45.8 Å². The summed E-state index contributed by atoms with van der Waals surface area (Å²) in [6, 6.07) is 1.46. The number of fused-ring (bicyclic) bond motifs is 1. The van der Waals surface area contributed by atoms with Crippen molar-refractivity contribution in [3.05, 3.63) is 18.0 Å². The van der Waals surface area contributed by atoms with Crippen molar-refractivity contribution in [1.82, 2.24) is 19.6 Å². The number of ether oxygens (including phenoxy) is 1. The molecule has 2 aliphatic rings. The zero-order valence-corrected chi connectivity index (χ0v) is 12.9. The fraction of sp³-hybridized carbons (Fsp3) is 0.667. The van der Waals surface area contributed by atoms with Crippen molar-refractivity contribution >= 4 is 11.8 Å². The average Bonchev–Trinajstić information content (AvgIpc) is 3.02. The SMILES string of the molecule is CCCC(=O)N1Cc2ccnn2C(C(=O)N2CCOCC2)C1. The van der Waals surface area contributed by atoms with E-state index in [1.165, 1.54) is 0 Å². The zero-order chi connectivity index (χ0) is 15.5. The second-order valence-corrected chi connectivity index (χ2v) is 5.74. The molecule has 0 spiro atoms. The maximum absolute atomic E-state index is 12.8. The summed E-state index contributed by atoms with van der Waals surface area (Å²) >= 11 is 0. The van der Waals surface area contributed by atoms with Crippen LogP contribution in [-0.2, 0) is 20.9 Å². The first kappa shape index (κ1) is 15.0. The van der Waals surface area contributed by atoms with Crippen molar-refractivity contribution in [2.45, 2.75) is 32.4 Å². The number of amides is 2. The van der Waals surface area contributed by atoms with E-state index in [-0.39, 0.29) is 11.8 Å². The molecule has 3 heterocycles. The maximum atomic E-state index is 12.8. The van der Waals surface area contributed by atoms with E-state index in [0.717, 1.165) is 12.1 Å². The van der Waals surface area contributed by atoms with Crippen LogP contribution in [0.15, 0.2) is 12.3 Å². The van der Waals surface area contributed by atoms with E-state index in [9.17, 15) is 9.59 Å². The van der Waals surface area contributed by atoms with Crippen LogP contribution in [0.3, 0.4) is 0 Å². The summed E-state index contributed by atoms with van der Waals surface area (Å²) in [4.78, 5) is 28.6. The fourth-order valence-corrected chi connectivity index (χ4v) is 3.03. The lowest BCUT2D eigenvalue weighted by molar-refractivity contribution is -0.143. The van der Waals surface area contributed by atoms with Crippen LogP contribution in [0.5, 0.6) is 0 Å². The van der Waals surface area contributed by atoms with Crippen LogP contribution in [0, 0.1) is 0 Å². The summed E-state index contributed by atoms with van der Waals surface area (Å²) in [6.07, 6.45) is 3.03. The third-order valence-electron chi connectivity index (χ3n) is 4.22. The van der Waals surface area contributed by atoms with E-state index >= 15 is 0 Å². The minimum atomic E-state index is -0.419. The van der Waals surface area contributed by atoms with Gasteiger partial charge in [-0.3, -0.25) is 14.3 Å². The third kappa shape index (κ3) is 2.85. The van der Waals surface area contributed by atoms with Gasteiger partial charge in [-0.1, -0.05) is 6.92 Å². The highest BCUT2D eigenvalue weighted by molar-refractivity contribution is 5.83. The highest BCUT2D eigenvalue weighted by atomic mass is 16.5. The lowest BCUT2D eigenvalue weighted by Crippen LogP contribution is -2.50. The zero-order valence-electron chi connectivity index (χ0n) is 12.9. The number of nitrogens with zero attached hydrogens (tertiary/aromatic N) is 4. The van der Waals surface area contributed by atoms with Gasteiger partial charge in [0.25, 0.3) is 0 Å². The van der Waals surface area contributed by atoms with Gasteiger partial charge >= 0.3 is 0 Å². The van der Waals surface area contributed by atoms with Gasteiger partial charge in [0.05, 0.1) is 32.0 Å². The Labute approximate surface area is 129 Å². The molecule has 1 aromatic rings. The molecule has 3 rings (SSSR count). The summed E-state index contributed by atoms with van der Waals surface area (Å²) in [6.45, 7) is 5.29. The molecule has 22 heavy (non-hydrogen) atoms. The van der Waals surface area contributed by atoms with Crippen LogP contribution in [0.2, 0.25) is 0 Å². The molecule has 120 valence electrons. The van der Waals surface area contributed by atoms with Crippen LogP contribution in [0.1, 0.15) is 31.5 Å². The lowest BCUT2D eigenvalue weighted by atomic mass is 10.1. The van der Waals surface area contributed by atoms with Crippen LogP contribution in [0.25, 0.3) is 0 Å². The van der Waals surface area contributed by atoms with Gasteiger partial charge in [-0.25, -0.2) is 0 Å². The number of hydrogen-bond acceptors (Lipinski definition) is 4. The first-order chi connectivity index (χ1) is 10.7. The molecular formula is C15H22N4O3. The Balaban J connectivity index is 1.80. The molecule has 0 bridgehead atoms. The number of carbonyl (C=O) groups excluding carboxylic acids is 2. The molecule has 1 saturated heterocycles. The maximum Gasteiger partial charge on any atom is 0.249 e. The number of hydrogen-bond donors (Lipinski definition) is 0. The van der Waals surface area contributed by atoms with Gasteiger partial charge in [-0.15, -0.1) is 0 Å². The van der Waals surface area contributed by atoms with Crippen molar-refractivity contribution in [3.63, 3.8) is 0 Å². The van der Waals surface area contributed by atoms with Crippen LogP contribution >= 0.6 is 0 Å². The summed E-state index contributed by atoms with van der Waals surface area (Å²) in [5.74, 6) is 0.136. The number of morpholine rings is 1. The Morgan fingerprint density at radius 2 is 2.09 bits per heavy atom. The number of aromatic nitrogens is 2. The molecule has 1 aromatic heterocycles. The molecule has 0 aliphatic carbocycles. The van der Waals surface area contributed by atoms with Gasteiger partial charge in [-0.05, 0) is 12.5 Å². The first-order valence-corrected chi connectivity index (χ1v) is 7.87. The normalized spacial score (nSPS) is 21.6. The second kappa shape index (κ2) is 6.48. The van der Waals surface area contributed by atoms with Crippen molar-refractivity contribution < 1.29 is 14.3 Å². The largest absolute Gasteiger partial charge is 0.378 e. The minimum absolute atomic E-state index is 0.0299. The highest BCUT2D eigenvalue weighted by Crippen LogP contribution is 2.23. The van der Waals surface area contributed by atoms with E-state index < -0.39 is 6.04 Å². The molecule has 2 aliphatic heterocycles. The predicted molar refractivity (Wildman–Crippen MR) is 79.0 cm³/mol. The fourth-order valence-electron chi connectivity index (χ4n) is 3.03. The molecule has 0 saturated carbocycles. The number of rotatable bonds is 3. The van der Waals surface area contributed by atoms with Crippen LogP contribution < -0.4 is 0 Å². The molecule has 2 amide bonds. The first-order valence-electron chi connectivity index (χ1n) is 7.87. The predicted octanol–water partition coefficient (Wildman–Crippen LogP) is 0.425. The van der Waals surface area contributed by atoms with E-state index in [1.807, 2.05) is 17.9 Å². The Hall–Kier alpha value is -1.89. The summed E-state index contributed by atoms with van der Waals surface area (Å²) in [5.41, 5.74) is 0.919. The van der Waals surface area contributed by atoms with Gasteiger partial charge in [0.1, 0.15) is 6.04 Å². The Morgan fingerprint density at radius 3 is 2.82 bits per heavy atom. The monoisotopic (exact) mass is 306 g/mol. The van der Waals surface area contributed by atoms with Crippen molar-refractivity contribution in [1.29, 1.82) is 0 Å². The Kier molecular flexibility index (Phi) is 4.42. The Morgan fingerprint density at radius 1 is 1.32 bits per heavy atom. The number of carbonyl (C=O) groups is 2. The molecule has 0 radical (unpaired) electrons.